The van der Waals surface area contributed by atoms with Crippen molar-refractivity contribution < 1.29 is 4.39 Å². The van der Waals surface area contributed by atoms with Gasteiger partial charge in [0.25, 0.3) is 0 Å². The average Bonchev–Trinajstić information content (AvgIpc) is 2.46. The van der Waals surface area contributed by atoms with Gasteiger partial charge in [-0.2, -0.15) is 0 Å². The fourth-order valence-corrected chi connectivity index (χ4v) is 0.932. The van der Waals surface area contributed by atoms with E-state index in [-0.39, 0.29) is 6.67 Å². The molecule has 0 unspecified atom stereocenters. The van der Waals surface area contributed by atoms with E-state index in [4.69, 9.17) is 0 Å². The Bertz CT molecular complexity index is 228. The highest BCUT2D eigenvalue weighted by atomic mass is 19.1. The Morgan fingerprint density at radius 2 is 2.25 bits per heavy atom. The first-order chi connectivity index (χ1) is 3.92. The summed E-state index contributed by atoms with van der Waals surface area (Å²) >= 11 is 0. The molecular weight excluding hydrogens is 103 g/mol. The molecule has 2 aliphatic rings. The van der Waals surface area contributed by atoms with Crippen molar-refractivity contribution in [2.45, 2.75) is 6.67 Å². The Morgan fingerprint density at radius 3 is 2.50 bits per heavy atom. The van der Waals surface area contributed by atoms with Crippen molar-refractivity contribution in [2.24, 2.45) is 0 Å². The zero-order valence-corrected chi connectivity index (χ0v) is 4.32. The SMILES string of the molecule is FCc1ccc2cc1-2. The van der Waals surface area contributed by atoms with Gasteiger partial charge in [0.05, 0.1) is 0 Å². The molecule has 8 heavy (non-hydrogen) atoms. The minimum atomic E-state index is -0.314. The number of rotatable bonds is 1. The van der Waals surface area contributed by atoms with Gasteiger partial charge < -0.3 is 0 Å². The summed E-state index contributed by atoms with van der Waals surface area (Å²) in [4.78, 5) is 0. The van der Waals surface area contributed by atoms with Crippen molar-refractivity contribution in [1.82, 2.24) is 0 Å². The Labute approximate surface area is 47.0 Å². The maximum Gasteiger partial charge on any atom is 0.115 e. The Morgan fingerprint density at radius 1 is 1.38 bits per heavy atom. The number of hydrogen-bond donors (Lipinski definition) is 0. The predicted octanol–water partition coefficient (Wildman–Crippen LogP) is 2.14. The quantitative estimate of drug-likeness (QED) is 0.525. The van der Waals surface area contributed by atoms with Gasteiger partial charge in [-0.3, -0.25) is 0 Å². The summed E-state index contributed by atoms with van der Waals surface area (Å²) in [6.45, 7) is -0.314. The molecule has 0 bridgehead atoms. The van der Waals surface area contributed by atoms with Gasteiger partial charge in [-0.05, 0) is 22.8 Å². The van der Waals surface area contributed by atoms with Crippen LogP contribution in [0, 0.1) is 0 Å². The lowest BCUT2D eigenvalue weighted by molar-refractivity contribution is 0.487. The molecule has 0 saturated carbocycles. The molecule has 2 aliphatic carbocycles. The van der Waals surface area contributed by atoms with E-state index in [1.54, 1.807) is 0 Å². The molecule has 40 valence electrons. The van der Waals surface area contributed by atoms with Crippen molar-refractivity contribution in [3.05, 3.63) is 23.8 Å². The Balaban J connectivity index is 2.49. The molecule has 0 atom stereocenters. The van der Waals surface area contributed by atoms with Crippen molar-refractivity contribution in [2.75, 3.05) is 0 Å². The van der Waals surface area contributed by atoms with Crippen molar-refractivity contribution in [3.63, 3.8) is 0 Å². The van der Waals surface area contributed by atoms with Gasteiger partial charge >= 0.3 is 0 Å². The number of fused-ring (bicyclic) bond motifs is 1. The zero-order chi connectivity index (χ0) is 5.56. The van der Waals surface area contributed by atoms with Gasteiger partial charge in [0.1, 0.15) is 6.67 Å². The number of halogens is 1. The second kappa shape index (κ2) is 1.10. The first-order valence-electron chi connectivity index (χ1n) is 2.61. The summed E-state index contributed by atoms with van der Waals surface area (Å²) in [5.74, 6) is 0. The molecule has 2 rings (SSSR count). The fourth-order valence-electron chi connectivity index (χ4n) is 0.932. The lowest BCUT2D eigenvalue weighted by atomic mass is 10.3. The molecule has 0 nitrogen and oxygen atoms in total. The summed E-state index contributed by atoms with van der Waals surface area (Å²) in [6, 6.07) is 5.78. The van der Waals surface area contributed by atoms with E-state index >= 15 is 0 Å². The average molecular weight is 108 g/mol. The van der Waals surface area contributed by atoms with Gasteiger partial charge in [-0.15, -0.1) is 0 Å². The third-order valence-electron chi connectivity index (χ3n) is 1.48. The summed E-state index contributed by atoms with van der Waals surface area (Å²) in [5, 5.41) is 0. The Hall–Kier alpha value is -0.850. The molecule has 0 N–H and O–H groups in total. The lowest BCUT2D eigenvalue weighted by Gasteiger charge is -1.79. The van der Waals surface area contributed by atoms with Crippen molar-refractivity contribution >= 4 is 0 Å². The van der Waals surface area contributed by atoms with Crippen LogP contribution in [0.5, 0.6) is 0 Å². The van der Waals surface area contributed by atoms with E-state index < -0.39 is 0 Å². The van der Waals surface area contributed by atoms with E-state index in [0.29, 0.717) is 0 Å². The van der Waals surface area contributed by atoms with E-state index in [2.05, 4.69) is 0 Å². The summed E-state index contributed by atoms with van der Waals surface area (Å²) in [5.41, 5.74) is 3.20. The van der Waals surface area contributed by atoms with Crippen molar-refractivity contribution in [1.29, 1.82) is 0 Å². The van der Waals surface area contributed by atoms with Gasteiger partial charge in [0.2, 0.25) is 0 Å². The highest BCUT2D eigenvalue weighted by Gasteiger charge is 2.15. The standard InChI is InChI=1S/C7H5F/c8-4-6-2-1-5-3-7(5)6/h1-3H,4H2. The van der Waals surface area contributed by atoms with Crippen LogP contribution in [0.4, 0.5) is 4.39 Å². The fraction of sp³-hybridized carbons (Fsp3) is 0.143. The third kappa shape index (κ3) is 0.340. The number of alkyl halides is 1. The summed E-state index contributed by atoms with van der Waals surface area (Å²) in [6.07, 6.45) is 0. The minimum Gasteiger partial charge on any atom is -0.246 e. The van der Waals surface area contributed by atoms with E-state index in [9.17, 15) is 4.39 Å². The Kier molecular flexibility index (Phi) is 0.562. The number of hydrogen-bond acceptors (Lipinski definition) is 0. The lowest BCUT2D eigenvalue weighted by Crippen LogP contribution is -1.66. The largest absolute Gasteiger partial charge is 0.246 e. The van der Waals surface area contributed by atoms with Gasteiger partial charge in [-0.1, -0.05) is 12.1 Å². The summed E-state index contributed by atoms with van der Waals surface area (Å²) < 4.78 is 11.8. The molecule has 0 saturated heterocycles. The monoisotopic (exact) mass is 108 g/mol. The van der Waals surface area contributed by atoms with E-state index in [0.717, 1.165) is 11.1 Å². The normalized spacial score (nSPS) is 11.6. The van der Waals surface area contributed by atoms with Crippen LogP contribution in [0.1, 0.15) is 5.56 Å². The molecule has 0 aromatic carbocycles. The van der Waals surface area contributed by atoms with Crippen LogP contribution in [0.15, 0.2) is 18.2 Å². The topological polar surface area (TPSA) is 0 Å². The van der Waals surface area contributed by atoms with Crippen LogP contribution >= 0.6 is 0 Å². The van der Waals surface area contributed by atoms with Gasteiger partial charge in [0, 0.05) is 0 Å². The maximum absolute atomic E-state index is 11.8. The van der Waals surface area contributed by atoms with Gasteiger partial charge in [0.15, 0.2) is 0 Å². The van der Waals surface area contributed by atoms with Gasteiger partial charge in [-0.25, -0.2) is 4.39 Å². The highest BCUT2D eigenvalue weighted by molar-refractivity contribution is 5.84. The van der Waals surface area contributed by atoms with E-state index in [1.165, 1.54) is 5.56 Å². The van der Waals surface area contributed by atoms with E-state index in [1.807, 2.05) is 18.2 Å². The zero-order valence-electron chi connectivity index (χ0n) is 4.32. The summed E-state index contributed by atoms with van der Waals surface area (Å²) in [7, 11) is 0. The third-order valence-corrected chi connectivity index (χ3v) is 1.48. The van der Waals surface area contributed by atoms with Crippen LogP contribution < -0.4 is 0 Å². The van der Waals surface area contributed by atoms with Crippen molar-refractivity contribution in [3.8, 4) is 11.1 Å². The molecule has 0 radical (unpaired) electrons. The molecule has 0 heterocycles. The maximum atomic E-state index is 11.8. The number of benzene rings is 1. The van der Waals surface area contributed by atoms with Crippen LogP contribution in [0.3, 0.4) is 0 Å². The van der Waals surface area contributed by atoms with Crippen LogP contribution in [0.25, 0.3) is 11.1 Å². The molecule has 0 aromatic heterocycles. The smallest absolute Gasteiger partial charge is 0.115 e. The molecule has 0 aliphatic heterocycles. The predicted molar refractivity (Wildman–Crippen MR) is 30.2 cm³/mol. The van der Waals surface area contributed by atoms with Crippen LogP contribution in [-0.4, -0.2) is 0 Å². The molecule has 0 spiro atoms. The minimum absolute atomic E-state index is 0.314. The second-order valence-corrected chi connectivity index (χ2v) is 2.01. The molecule has 0 fully saturated rings. The highest BCUT2D eigenvalue weighted by Crippen LogP contribution is 2.38. The molecule has 0 amide bonds. The second-order valence-electron chi connectivity index (χ2n) is 2.01. The first kappa shape index (κ1) is 4.07. The molecular formula is C7H5F. The molecule has 1 heteroatoms. The van der Waals surface area contributed by atoms with Crippen LogP contribution in [0.2, 0.25) is 0 Å². The molecule has 0 aromatic rings. The van der Waals surface area contributed by atoms with Crippen LogP contribution in [-0.2, 0) is 6.67 Å². The first-order valence-corrected chi connectivity index (χ1v) is 2.61.